The highest BCUT2D eigenvalue weighted by molar-refractivity contribution is 5.82. The Labute approximate surface area is 151 Å². The van der Waals surface area contributed by atoms with E-state index < -0.39 is 6.17 Å². The molecule has 2 N–H and O–H groups in total. The number of carbonyl (C=O) groups is 1. The Morgan fingerprint density at radius 3 is 2.64 bits per heavy atom. The quantitative estimate of drug-likeness (QED) is 0.822. The number of nitrogens with zero attached hydrogens (tertiary/aromatic N) is 1. The van der Waals surface area contributed by atoms with Gasteiger partial charge in [0.1, 0.15) is 6.17 Å². The van der Waals surface area contributed by atoms with Crippen molar-refractivity contribution in [2.45, 2.75) is 95.1 Å². The smallest absolute Gasteiger partial charge is 0.237 e. The summed E-state index contributed by atoms with van der Waals surface area (Å²) in [6.45, 7) is 4.65. The van der Waals surface area contributed by atoms with Crippen molar-refractivity contribution in [2.75, 3.05) is 13.1 Å². The van der Waals surface area contributed by atoms with Crippen LogP contribution in [0.3, 0.4) is 0 Å². The molecular formula is C20H34FN3O. The molecule has 2 saturated heterocycles. The Balaban J connectivity index is 1.31. The van der Waals surface area contributed by atoms with Crippen LogP contribution in [0, 0.1) is 11.8 Å². The van der Waals surface area contributed by atoms with E-state index >= 15 is 0 Å². The Hall–Kier alpha value is -0.680. The number of nitrogens with one attached hydrogen (secondary N) is 2. The third-order valence-corrected chi connectivity index (χ3v) is 7.30. The monoisotopic (exact) mass is 351 g/mol. The first-order valence-corrected chi connectivity index (χ1v) is 10.6. The fourth-order valence-corrected chi connectivity index (χ4v) is 5.84. The van der Waals surface area contributed by atoms with Crippen LogP contribution < -0.4 is 10.6 Å². The second kappa shape index (κ2) is 7.51. The van der Waals surface area contributed by atoms with E-state index in [-0.39, 0.29) is 23.9 Å². The van der Waals surface area contributed by atoms with E-state index in [9.17, 15) is 9.18 Å². The molecule has 7 atom stereocenters. The largest absolute Gasteiger partial charge is 0.352 e. The van der Waals surface area contributed by atoms with Crippen LogP contribution >= 0.6 is 0 Å². The first-order valence-electron chi connectivity index (χ1n) is 10.6. The van der Waals surface area contributed by atoms with Crippen molar-refractivity contribution < 1.29 is 9.18 Å². The van der Waals surface area contributed by atoms with Gasteiger partial charge in [0.15, 0.2) is 0 Å². The van der Waals surface area contributed by atoms with Gasteiger partial charge in [0.25, 0.3) is 0 Å². The molecule has 25 heavy (non-hydrogen) atoms. The molecule has 4 nitrogen and oxygen atoms in total. The van der Waals surface area contributed by atoms with Crippen molar-refractivity contribution in [1.29, 1.82) is 0 Å². The fraction of sp³-hybridized carbons (Fsp3) is 0.950. The van der Waals surface area contributed by atoms with Gasteiger partial charge in [-0.25, -0.2) is 4.39 Å². The van der Waals surface area contributed by atoms with Gasteiger partial charge in [0, 0.05) is 24.0 Å². The number of fused-ring (bicyclic) bond motifs is 1. The zero-order chi connectivity index (χ0) is 17.4. The third kappa shape index (κ3) is 3.73. The van der Waals surface area contributed by atoms with Crippen molar-refractivity contribution in [2.24, 2.45) is 11.8 Å². The summed E-state index contributed by atoms with van der Waals surface area (Å²) in [7, 11) is 0. The molecule has 0 spiro atoms. The summed E-state index contributed by atoms with van der Waals surface area (Å²) in [6, 6.07) is 0.940. The molecule has 0 radical (unpaired) electrons. The van der Waals surface area contributed by atoms with Gasteiger partial charge < -0.3 is 15.5 Å². The van der Waals surface area contributed by atoms with Crippen LogP contribution in [0.1, 0.15) is 64.7 Å². The standard InChI is InChI=1S/C20H34FN3O/c1-13-7-8-17(21)16-12-18(23-19(13)16)20(25)22-14-5-4-6-15(11-14)24-9-2-3-10-24/h13-19,23H,2-12H2,1H3,(H,22,25). The van der Waals surface area contributed by atoms with E-state index in [1.807, 2.05) is 0 Å². The molecule has 0 aromatic carbocycles. The number of rotatable bonds is 3. The maximum atomic E-state index is 14.3. The maximum Gasteiger partial charge on any atom is 0.237 e. The molecule has 0 aromatic rings. The van der Waals surface area contributed by atoms with E-state index in [2.05, 4.69) is 22.5 Å². The Bertz CT molecular complexity index is 464. The average Bonchev–Trinajstić information content (AvgIpc) is 3.28. The topological polar surface area (TPSA) is 44.4 Å². The summed E-state index contributed by atoms with van der Waals surface area (Å²) in [5, 5.41) is 6.77. The molecule has 0 aromatic heterocycles. The second-order valence-corrected chi connectivity index (χ2v) is 8.98. The summed E-state index contributed by atoms with van der Waals surface area (Å²) in [5.41, 5.74) is 0. The van der Waals surface area contributed by atoms with Gasteiger partial charge >= 0.3 is 0 Å². The number of hydrogen-bond donors (Lipinski definition) is 2. The van der Waals surface area contributed by atoms with Gasteiger partial charge in [-0.15, -0.1) is 0 Å². The number of halogens is 1. The van der Waals surface area contributed by atoms with Gasteiger partial charge in [-0.3, -0.25) is 4.79 Å². The van der Waals surface area contributed by atoms with Gasteiger partial charge in [0.2, 0.25) is 5.91 Å². The zero-order valence-corrected chi connectivity index (χ0v) is 15.6. The first-order chi connectivity index (χ1) is 12.1. The number of likely N-dealkylation sites (tertiary alicyclic amines) is 1. The molecule has 2 saturated carbocycles. The van der Waals surface area contributed by atoms with Gasteiger partial charge in [-0.05, 0) is 76.8 Å². The zero-order valence-electron chi connectivity index (χ0n) is 15.6. The Morgan fingerprint density at radius 2 is 1.88 bits per heavy atom. The molecule has 7 unspecified atom stereocenters. The SMILES string of the molecule is CC1CCC(F)C2CC(C(=O)NC3CCCC(N4CCCC4)C3)NC12. The van der Waals surface area contributed by atoms with Crippen LogP contribution in [0.4, 0.5) is 4.39 Å². The lowest BCUT2D eigenvalue weighted by Crippen LogP contribution is -2.51. The van der Waals surface area contributed by atoms with Crippen molar-refractivity contribution in [1.82, 2.24) is 15.5 Å². The molecule has 2 aliphatic heterocycles. The lowest BCUT2D eigenvalue weighted by atomic mass is 9.77. The summed E-state index contributed by atoms with van der Waals surface area (Å²) >= 11 is 0. The lowest BCUT2D eigenvalue weighted by molar-refractivity contribution is -0.124. The van der Waals surface area contributed by atoms with Crippen LogP contribution in [0.15, 0.2) is 0 Å². The highest BCUT2D eigenvalue weighted by Crippen LogP contribution is 2.38. The molecular weight excluding hydrogens is 317 g/mol. The van der Waals surface area contributed by atoms with Crippen LogP contribution in [-0.4, -0.2) is 54.2 Å². The summed E-state index contributed by atoms with van der Waals surface area (Å²) in [4.78, 5) is 15.4. The summed E-state index contributed by atoms with van der Waals surface area (Å²) in [6.07, 6.45) is 8.85. The Morgan fingerprint density at radius 1 is 1.08 bits per heavy atom. The van der Waals surface area contributed by atoms with E-state index in [1.54, 1.807) is 0 Å². The number of hydrogen-bond acceptors (Lipinski definition) is 3. The summed E-state index contributed by atoms with van der Waals surface area (Å²) in [5.74, 6) is 0.619. The minimum atomic E-state index is -0.735. The highest BCUT2D eigenvalue weighted by Gasteiger charge is 2.46. The molecule has 2 heterocycles. The molecule has 0 bridgehead atoms. The molecule has 142 valence electrons. The van der Waals surface area contributed by atoms with Gasteiger partial charge in [-0.1, -0.05) is 6.92 Å². The second-order valence-electron chi connectivity index (χ2n) is 8.98. The van der Waals surface area contributed by atoms with Crippen LogP contribution in [0.2, 0.25) is 0 Å². The van der Waals surface area contributed by atoms with Gasteiger partial charge in [-0.2, -0.15) is 0 Å². The number of carbonyl (C=O) groups excluding carboxylic acids is 1. The third-order valence-electron chi connectivity index (χ3n) is 7.30. The minimum absolute atomic E-state index is 0.0307. The molecule has 2 aliphatic carbocycles. The van der Waals surface area contributed by atoms with Crippen LogP contribution in [-0.2, 0) is 4.79 Å². The normalized spacial score (nSPS) is 45.3. The minimum Gasteiger partial charge on any atom is -0.352 e. The van der Waals surface area contributed by atoms with E-state index in [0.717, 1.165) is 19.3 Å². The van der Waals surface area contributed by atoms with E-state index in [0.29, 0.717) is 30.8 Å². The average molecular weight is 352 g/mol. The molecule has 1 amide bonds. The molecule has 4 fully saturated rings. The highest BCUT2D eigenvalue weighted by atomic mass is 19.1. The number of amides is 1. The lowest BCUT2D eigenvalue weighted by Gasteiger charge is -2.36. The van der Waals surface area contributed by atoms with E-state index in [4.69, 9.17) is 0 Å². The fourth-order valence-electron chi connectivity index (χ4n) is 5.84. The molecule has 5 heteroatoms. The maximum absolute atomic E-state index is 14.3. The Kier molecular flexibility index (Phi) is 5.33. The van der Waals surface area contributed by atoms with Crippen molar-refractivity contribution in [3.05, 3.63) is 0 Å². The van der Waals surface area contributed by atoms with Crippen LogP contribution in [0.5, 0.6) is 0 Å². The van der Waals surface area contributed by atoms with Crippen molar-refractivity contribution in [3.8, 4) is 0 Å². The predicted octanol–water partition coefficient (Wildman–Crippen LogP) is 2.62. The molecule has 4 aliphatic rings. The van der Waals surface area contributed by atoms with Crippen molar-refractivity contribution >= 4 is 5.91 Å². The predicted molar refractivity (Wildman–Crippen MR) is 97.1 cm³/mol. The van der Waals surface area contributed by atoms with Crippen molar-refractivity contribution in [3.63, 3.8) is 0 Å². The van der Waals surface area contributed by atoms with Crippen LogP contribution in [0.25, 0.3) is 0 Å². The molecule has 4 rings (SSSR count). The van der Waals surface area contributed by atoms with E-state index in [1.165, 1.54) is 38.8 Å². The number of alkyl halides is 1. The first kappa shape index (κ1) is 17.7. The van der Waals surface area contributed by atoms with Gasteiger partial charge in [0.05, 0.1) is 6.04 Å². The summed E-state index contributed by atoms with van der Waals surface area (Å²) < 4.78 is 14.3.